The Bertz CT molecular complexity index is 1810. The van der Waals surface area contributed by atoms with Gasteiger partial charge in [-0.2, -0.15) is 0 Å². The van der Waals surface area contributed by atoms with Crippen molar-refractivity contribution in [3.8, 4) is 0 Å². The Kier molecular flexibility index (Phi) is 8.99. The van der Waals surface area contributed by atoms with Crippen LogP contribution in [0, 0.1) is 0 Å². The van der Waals surface area contributed by atoms with E-state index in [-0.39, 0.29) is 17.4 Å². The van der Waals surface area contributed by atoms with Gasteiger partial charge in [-0.3, -0.25) is 19.2 Å². The van der Waals surface area contributed by atoms with Crippen LogP contribution in [0.25, 0.3) is 17.0 Å². The predicted molar refractivity (Wildman–Crippen MR) is 170 cm³/mol. The first-order chi connectivity index (χ1) is 20.9. The molecule has 4 amide bonds. The number of rotatable bonds is 10. The molecule has 9 nitrogen and oxygen atoms in total. The first kappa shape index (κ1) is 28.9. The molecule has 0 bridgehead atoms. The van der Waals surface area contributed by atoms with Crippen molar-refractivity contribution >= 4 is 63.7 Å². The zero-order chi connectivity index (χ0) is 30.2. The predicted octanol–water partition coefficient (Wildman–Crippen LogP) is 5.41. The standard InChI is InChI=1S/C33H27N5O4S/c34-31(40)21-10-12-24(13-11-21)36-30(39)20-43-26-16-14-25(15-17-26)37-33(42)29(38-32(41)22-6-2-1-3-7-22)18-23-19-35-28-9-5-4-8-27(23)28/h1-19,35H,20H2,(H2,34,40)(H,36,39)(H,37,42)(H,38,41). The number of H-pyrrole nitrogens is 1. The minimum atomic E-state index is -0.536. The molecular formula is C33H27N5O4S. The molecule has 0 unspecified atom stereocenters. The second-order valence-corrected chi connectivity index (χ2v) is 10.5. The van der Waals surface area contributed by atoms with E-state index in [9.17, 15) is 19.2 Å². The summed E-state index contributed by atoms with van der Waals surface area (Å²) in [6.07, 6.45) is 3.42. The Morgan fingerprint density at radius 1 is 0.744 bits per heavy atom. The Labute approximate surface area is 251 Å². The Balaban J connectivity index is 1.24. The molecule has 0 spiro atoms. The number of nitrogens with one attached hydrogen (secondary N) is 4. The lowest BCUT2D eigenvalue weighted by Gasteiger charge is -2.12. The molecule has 0 aliphatic heterocycles. The van der Waals surface area contributed by atoms with Gasteiger partial charge in [0.15, 0.2) is 0 Å². The van der Waals surface area contributed by atoms with E-state index in [0.29, 0.717) is 22.5 Å². The van der Waals surface area contributed by atoms with Crippen LogP contribution >= 0.6 is 11.8 Å². The quantitative estimate of drug-likeness (QED) is 0.109. The van der Waals surface area contributed by atoms with Crippen molar-refractivity contribution in [2.75, 3.05) is 16.4 Å². The molecule has 0 saturated carbocycles. The summed E-state index contributed by atoms with van der Waals surface area (Å²) < 4.78 is 0. The second kappa shape index (κ2) is 13.4. The number of primary amides is 1. The summed E-state index contributed by atoms with van der Waals surface area (Å²) in [5, 5.41) is 9.28. The van der Waals surface area contributed by atoms with Crippen LogP contribution in [-0.2, 0) is 9.59 Å². The minimum Gasteiger partial charge on any atom is -0.366 e. The summed E-state index contributed by atoms with van der Waals surface area (Å²) in [5.41, 5.74) is 8.85. The summed E-state index contributed by atoms with van der Waals surface area (Å²) in [7, 11) is 0. The highest BCUT2D eigenvalue weighted by atomic mass is 32.2. The lowest BCUT2D eigenvalue weighted by atomic mass is 10.1. The zero-order valence-electron chi connectivity index (χ0n) is 22.8. The van der Waals surface area contributed by atoms with Gasteiger partial charge in [-0.15, -0.1) is 11.8 Å². The first-order valence-corrected chi connectivity index (χ1v) is 14.2. The molecule has 0 radical (unpaired) electrons. The summed E-state index contributed by atoms with van der Waals surface area (Å²) in [5.74, 6) is -1.49. The number of hydrogen-bond donors (Lipinski definition) is 5. The number of anilines is 2. The van der Waals surface area contributed by atoms with Crippen molar-refractivity contribution in [1.29, 1.82) is 0 Å². The third-order valence-electron chi connectivity index (χ3n) is 6.39. The normalized spacial score (nSPS) is 11.1. The lowest BCUT2D eigenvalue weighted by Crippen LogP contribution is -2.30. The molecule has 5 rings (SSSR count). The summed E-state index contributed by atoms with van der Waals surface area (Å²) in [6, 6.07) is 29.7. The molecule has 0 aliphatic rings. The summed E-state index contributed by atoms with van der Waals surface area (Å²) in [6.45, 7) is 0. The number of hydrogen-bond acceptors (Lipinski definition) is 5. The maximum Gasteiger partial charge on any atom is 0.272 e. The SMILES string of the molecule is NC(=O)c1ccc(NC(=O)CSc2ccc(NC(=O)C(=Cc3c[nH]c4ccccc34)NC(=O)c3ccccc3)cc2)cc1. The molecule has 214 valence electrons. The molecule has 5 aromatic rings. The average molecular weight is 590 g/mol. The van der Waals surface area contributed by atoms with Gasteiger partial charge in [0.25, 0.3) is 11.8 Å². The number of aromatic nitrogens is 1. The van der Waals surface area contributed by atoms with Crippen molar-refractivity contribution in [2.45, 2.75) is 4.90 Å². The van der Waals surface area contributed by atoms with Crippen LogP contribution in [0.3, 0.4) is 0 Å². The Morgan fingerprint density at radius 2 is 1.40 bits per heavy atom. The van der Waals surface area contributed by atoms with Gasteiger partial charge in [0, 0.05) is 50.1 Å². The van der Waals surface area contributed by atoms with Crippen molar-refractivity contribution in [2.24, 2.45) is 5.73 Å². The Morgan fingerprint density at radius 3 is 2.12 bits per heavy atom. The van der Waals surface area contributed by atoms with Gasteiger partial charge in [0.2, 0.25) is 11.8 Å². The largest absolute Gasteiger partial charge is 0.366 e. The van der Waals surface area contributed by atoms with E-state index in [1.165, 1.54) is 11.8 Å². The number of nitrogens with two attached hydrogens (primary N) is 1. The summed E-state index contributed by atoms with van der Waals surface area (Å²) >= 11 is 1.33. The molecule has 0 saturated heterocycles. The molecule has 6 N–H and O–H groups in total. The number of thioether (sulfide) groups is 1. The fourth-order valence-corrected chi connectivity index (χ4v) is 4.91. The lowest BCUT2D eigenvalue weighted by molar-refractivity contribution is -0.114. The highest BCUT2D eigenvalue weighted by molar-refractivity contribution is 8.00. The van der Waals surface area contributed by atoms with E-state index in [0.717, 1.165) is 21.4 Å². The van der Waals surface area contributed by atoms with Crippen molar-refractivity contribution in [3.05, 3.63) is 132 Å². The topological polar surface area (TPSA) is 146 Å². The van der Waals surface area contributed by atoms with E-state index >= 15 is 0 Å². The maximum atomic E-state index is 13.4. The number of fused-ring (bicyclic) bond motifs is 1. The number of aromatic amines is 1. The van der Waals surface area contributed by atoms with Crippen LogP contribution < -0.4 is 21.7 Å². The van der Waals surface area contributed by atoms with Crippen LogP contribution in [0.1, 0.15) is 26.3 Å². The monoisotopic (exact) mass is 589 g/mol. The third kappa shape index (κ3) is 7.57. The van der Waals surface area contributed by atoms with Crippen LogP contribution in [0.15, 0.2) is 120 Å². The van der Waals surface area contributed by atoms with E-state index in [1.807, 2.05) is 30.3 Å². The number of benzene rings is 4. The molecule has 4 aromatic carbocycles. The van der Waals surface area contributed by atoms with Crippen molar-refractivity contribution in [3.63, 3.8) is 0 Å². The minimum absolute atomic E-state index is 0.0811. The zero-order valence-corrected chi connectivity index (χ0v) is 23.6. The van der Waals surface area contributed by atoms with Gasteiger partial charge < -0.3 is 26.7 Å². The van der Waals surface area contributed by atoms with Gasteiger partial charge in [-0.05, 0) is 72.8 Å². The highest BCUT2D eigenvalue weighted by Gasteiger charge is 2.16. The first-order valence-electron chi connectivity index (χ1n) is 13.2. The van der Waals surface area contributed by atoms with Crippen LogP contribution in [0.4, 0.5) is 11.4 Å². The van der Waals surface area contributed by atoms with Crippen LogP contribution in [0.5, 0.6) is 0 Å². The van der Waals surface area contributed by atoms with E-state index in [1.54, 1.807) is 85.1 Å². The fourth-order valence-electron chi connectivity index (χ4n) is 4.21. The molecule has 43 heavy (non-hydrogen) atoms. The highest BCUT2D eigenvalue weighted by Crippen LogP contribution is 2.23. The smallest absolute Gasteiger partial charge is 0.272 e. The molecule has 0 atom stereocenters. The number of carbonyl (C=O) groups excluding carboxylic acids is 4. The second-order valence-electron chi connectivity index (χ2n) is 9.42. The van der Waals surface area contributed by atoms with Gasteiger partial charge in [-0.1, -0.05) is 36.4 Å². The van der Waals surface area contributed by atoms with E-state index in [4.69, 9.17) is 5.73 Å². The van der Waals surface area contributed by atoms with Gasteiger partial charge in [-0.25, -0.2) is 0 Å². The molecule has 0 fully saturated rings. The third-order valence-corrected chi connectivity index (χ3v) is 7.40. The number of amides is 4. The van der Waals surface area contributed by atoms with Gasteiger partial charge in [0.05, 0.1) is 5.75 Å². The van der Waals surface area contributed by atoms with E-state index < -0.39 is 17.7 Å². The average Bonchev–Trinajstić information content (AvgIpc) is 3.43. The van der Waals surface area contributed by atoms with Crippen molar-refractivity contribution in [1.82, 2.24) is 10.3 Å². The van der Waals surface area contributed by atoms with Crippen LogP contribution in [-0.4, -0.2) is 34.4 Å². The Hall–Kier alpha value is -5.61. The van der Waals surface area contributed by atoms with Gasteiger partial charge in [0.1, 0.15) is 5.70 Å². The number of carbonyl (C=O) groups is 4. The molecule has 1 heterocycles. The number of para-hydroxylation sites is 1. The molecule has 1 aromatic heterocycles. The van der Waals surface area contributed by atoms with Crippen LogP contribution in [0.2, 0.25) is 0 Å². The molecule has 0 aliphatic carbocycles. The van der Waals surface area contributed by atoms with E-state index in [2.05, 4.69) is 20.9 Å². The maximum absolute atomic E-state index is 13.4. The van der Waals surface area contributed by atoms with Crippen molar-refractivity contribution < 1.29 is 19.2 Å². The molecular weight excluding hydrogens is 562 g/mol. The fraction of sp³-hybridized carbons (Fsp3) is 0.0303. The van der Waals surface area contributed by atoms with Gasteiger partial charge >= 0.3 is 0 Å². The molecule has 10 heteroatoms. The summed E-state index contributed by atoms with van der Waals surface area (Å²) in [4.78, 5) is 53.9.